The van der Waals surface area contributed by atoms with Gasteiger partial charge in [0.25, 0.3) is 10.0 Å². The van der Waals surface area contributed by atoms with Gasteiger partial charge in [-0.15, -0.1) is 0 Å². The highest BCUT2D eigenvalue weighted by Crippen LogP contribution is 2.25. The molecule has 5 heteroatoms. The summed E-state index contributed by atoms with van der Waals surface area (Å²) in [6.45, 7) is 0. The summed E-state index contributed by atoms with van der Waals surface area (Å²) >= 11 is 1.45. The first-order valence-corrected chi connectivity index (χ1v) is 8.12. The molecule has 0 bridgehead atoms. The molecular weight excluding hydrogens is 278 g/mol. The van der Waals surface area contributed by atoms with Crippen molar-refractivity contribution in [3.8, 4) is 0 Å². The van der Waals surface area contributed by atoms with E-state index in [9.17, 15) is 8.42 Å². The molecular formula is C14H11NO2S2. The fraction of sp³-hybridized carbons (Fsp3) is 0. The van der Waals surface area contributed by atoms with Crippen LogP contribution in [-0.4, -0.2) is 8.42 Å². The Morgan fingerprint density at radius 1 is 0.947 bits per heavy atom. The summed E-state index contributed by atoms with van der Waals surface area (Å²) in [4.78, 5) is 0.303. The number of rotatable bonds is 3. The Kier molecular flexibility index (Phi) is 3.00. The number of nitrogens with one attached hydrogen (secondary N) is 1. The summed E-state index contributed by atoms with van der Waals surface area (Å²) in [6, 6.07) is 14.5. The second kappa shape index (κ2) is 4.68. The minimum Gasteiger partial charge on any atom is -0.279 e. The lowest BCUT2D eigenvalue weighted by Gasteiger charge is -2.09. The van der Waals surface area contributed by atoms with Gasteiger partial charge < -0.3 is 0 Å². The van der Waals surface area contributed by atoms with Crippen LogP contribution in [-0.2, 0) is 10.0 Å². The molecule has 3 nitrogen and oxygen atoms in total. The Labute approximate surface area is 115 Å². The van der Waals surface area contributed by atoms with Crippen LogP contribution in [0.2, 0.25) is 0 Å². The van der Waals surface area contributed by atoms with Crippen LogP contribution < -0.4 is 4.72 Å². The van der Waals surface area contributed by atoms with Crippen LogP contribution in [0.3, 0.4) is 0 Å². The summed E-state index contributed by atoms with van der Waals surface area (Å²) in [5.74, 6) is 0. The van der Waals surface area contributed by atoms with Crippen LogP contribution in [0.4, 0.5) is 5.69 Å². The predicted octanol–water partition coefficient (Wildman–Crippen LogP) is 3.70. The number of benzene rings is 2. The predicted molar refractivity (Wildman–Crippen MR) is 79.1 cm³/mol. The van der Waals surface area contributed by atoms with E-state index >= 15 is 0 Å². The largest absolute Gasteiger partial charge is 0.279 e. The first-order chi connectivity index (χ1) is 9.17. The van der Waals surface area contributed by atoms with Crippen molar-refractivity contribution < 1.29 is 8.42 Å². The van der Waals surface area contributed by atoms with E-state index in [4.69, 9.17) is 0 Å². The summed E-state index contributed by atoms with van der Waals surface area (Å²) in [6.07, 6.45) is 0. The van der Waals surface area contributed by atoms with Crippen molar-refractivity contribution in [1.29, 1.82) is 0 Å². The summed E-state index contributed by atoms with van der Waals surface area (Å²) in [5, 5.41) is 5.24. The van der Waals surface area contributed by atoms with Gasteiger partial charge in [0.15, 0.2) is 0 Å². The Hall–Kier alpha value is -1.85. The standard InChI is InChI=1S/C14H11NO2S2/c16-19(17,15-12-8-9-18-10-12)14-7-3-5-11-4-1-2-6-13(11)14/h1-10,15H. The molecule has 19 heavy (non-hydrogen) atoms. The zero-order valence-corrected chi connectivity index (χ0v) is 11.5. The third-order valence-electron chi connectivity index (χ3n) is 2.81. The summed E-state index contributed by atoms with van der Waals surface area (Å²) in [5.41, 5.74) is 0.595. The van der Waals surface area contributed by atoms with Crippen molar-refractivity contribution in [1.82, 2.24) is 0 Å². The van der Waals surface area contributed by atoms with E-state index in [0.29, 0.717) is 10.6 Å². The number of sulfonamides is 1. The van der Waals surface area contributed by atoms with E-state index in [-0.39, 0.29) is 0 Å². The maximum Gasteiger partial charge on any atom is 0.262 e. The van der Waals surface area contributed by atoms with Crippen LogP contribution in [0.25, 0.3) is 10.8 Å². The van der Waals surface area contributed by atoms with Crippen molar-refractivity contribution in [2.45, 2.75) is 4.90 Å². The molecule has 1 heterocycles. The first-order valence-electron chi connectivity index (χ1n) is 5.70. The van der Waals surface area contributed by atoms with Crippen LogP contribution in [0, 0.1) is 0 Å². The van der Waals surface area contributed by atoms with Crippen molar-refractivity contribution in [3.63, 3.8) is 0 Å². The van der Waals surface area contributed by atoms with Crippen molar-refractivity contribution in [2.75, 3.05) is 4.72 Å². The van der Waals surface area contributed by atoms with Crippen LogP contribution in [0.5, 0.6) is 0 Å². The molecule has 0 saturated heterocycles. The normalized spacial score (nSPS) is 11.6. The van der Waals surface area contributed by atoms with E-state index in [0.717, 1.165) is 10.8 Å². The number of anilines is 1. The van der Waals surface area contributed by atoms with Crippen LogP contribution in [0.1, 0.15) is 0 Å². The van der Waals surface area contributed by atoms with Gasteiger partial charge in [-0.05, 0) is 22.9 Å². The monoisotopic (exact) mass is 289 g/mol. The Morgan fingerprint density at radius 3 is 2.53 bits per heavy atom. The SMILES string of the molecule is O=S(=O)(Nc1ccsc1)c1cccc2ccccc12. The lowest BCUT2D eigenvalue weighted by atomic mass is 10.1. The lowest BCUT2D eigenvalue weighted by Crippen LogP contribution is -2.12. The molecule has 0 saturated carbocycles. The smallest absolute Gasteiger partial charge is 0.262 e. The third-order valence-corrected chi connectivity index (χ3v) is 4.94. The lowest BCUT2D eigenvalue weighted by molar-refractivity contribution is 0.602. The molecule has 0 unspecified atom stereocenters. The number of fused-ring (bicyclic) bond motifs is 1. The second-order valence-electron chi connectivity index (χ2n) is 4.09. The molecule has 0 amide bonds. The van der Waals surface area contributed by atoms with Crippen molar-refractivity contribution in [3.05, 3.63) is 59.3 Å². The molecule has 0 aliphatic heterocycles. The van der Waals surface area contributed by atoms with E-state index < -0.39 is 10.0 Å². The zero-order valence-electron chi connectivity index (χ0n) is 9.91. The average molecular weight is 289 g/mol. The third kappa shape index (κ3) is 2.34. The van der Waals surface area contributed by atoms with Gasteiger partial charge in [-0.2, -0.15) is 11.3 Å². The van der Waals surface area contributed by atoms with Gasteiger partial charge in [-0.3, -0.25) is 4.72 Å². The minimum atomic E-state index is -3.55. The number of hydrogen-bond acceptors (Lipinski definition) is 3. The Bertz CT molecular complexity index is 803. The van der Waals surface area contributed by atoms with E-state index in [1.807, 2.05) is 35.7 Å². The average Bonchev–Trinajstić information content (AvgIpc) is 2.90. The van der Waals surface area contributed by atoms with Crippen LogP contribution in [0.15, 0.2) is 64.2 Å². The number of thiophene rings is 1. The van der Waals surface area contributed by atoms with E-state index in [2.05, 4.69) is 4.72 Å². The van der Waals surface area contributed by atoms with E-state index in [1.54, 1.807) is 23.6 Å². The van der Waals surface area contributed by atoms with Crippen molar-refractivity contribution in [2.24, 2.45) is 0 Å². The highest BCUT2D eigenvalue weighted by atomic mass is 32.2. The topological polar surface area (TPSA) is 46.2 Å². The van der Waals surface area contributed by atoms with E-state index in [1.165, 1.54) is 11.3 Å². The molecule has 0 fully saturated rings. The molecule has 2 aromatic carbocycles. The quantitative estimate of drug-likeness (QED) is 0.799. The molecule has 3 rings (SSSR count). The van der Waals surface area contributed by atoms with Gasteiger partial charge >= 0.3 is 0 Å². The fourth-order valence-electron chi connectivity index (χ4n) is 1.96. The Balaban J connectivity index is 2.13. The van der Waals surface area contributed by atoms with Gasteiger partial charge in [0.2, 0.25) is 0 Å². The molecule has 0 atom stereocenters. The second-order valence-corrected chi connectivity index (χ2v) is 6.53. The minimum absolute atomic E-state index is 0.303. The molecule has 0 aliphatic carbocycles. The maximum atomic E-state index is 12.4. The first kappa shape index (κ1) is 12.2. The molecule has 1 aromatic heterocycles. The highest BCUT2D eigenvalue weighted by Gasteiger charge is 2.17. The highest BCUT2D eigenvalue weighted by molar-refractivity contribution is 7.93. The number of hydrogen-bond donors (Lipinski definition) is 1. The van der Waals surface area contributed by atoms with Crippen molar-refractivity contribution >= 4 is 37.8 Å². The molecule has 1 N–H and O–H groups in total. The van der Waals surface area contributed by atoms with Gasteiger partial charge in [0, 0.05) is 10.8 Å². The van der Waals surface area contributed by atoms with Gasteiger partial charge in [0.05, 0.1) is 10.6 Å². The fourth-order valence-corrected chi connectivity index (χ4v) is 3.91. The zero-order chi connectivity index (χ0) is 13.3. The molecule has 0 radical (unpaired) electrons. The van der Waals surface area contributed by atoms with Gasteiger partial charge in [-0.1, -0.05) is 36.4 Å². The molecule has 96 valence electrons. The molecule has 3 aromatic rings. The maximum absolute atomic E-state index is 12.4. The van der Waals surface area contributed by atoms with Crippen LogP contribution >= 0.6 is 11.3 Å². The molecule has 0 aliphatic rings. The summed E-state index contributed by atoms with van der Waals surface area (Å²) < 4.78 is 27.4. The molecule has 0 spiro atoms. The Morgan fingerprint density at radius 2 is 1.74 bits per heavy atom. The van der Waals surface area contributed by atoms with Gasteiger partial charge in [-0.25, -0.2) is 8.42 Å². The summed E-state index contributed by atoms with van der Waals surface area (Å²) in [7, 11) is -3.55. The van der Waals surface area contributed by atoms with Gasteiger partial charge in [0.1, 0.15) is 0 Å².